The highest BCUT2D eigenvalue weighted by Gasteiger charge is 2.25. The summed E-state index contributed by atoms with van der Waals surface area (Å²) in [4.78, 5) is 29.2. The minimum absolute atomic E-state index is 0.00544. The topological polar surface area (TPSA) is 113 Å². The van der Waals surface area contributed by atoms with Gasteiger partial charge in [-0.2, -0.15) is 19.9 Å². The van der Waals surface area contributed by atoms with E-state index >= 15 is 0 Å². The molecule has 12 heteroatoms. The quantitative estimate of drug-likeness (QED) is 0.148. The fraction of sp³-hybridized carbons (Fsp3) is 0. The van der Waals surface area contributed by atoms with Crippen molar-refractivity contribution in [3.63, 3.8) is 0 Å². The average Bonchev–Trinajstić information content (AvgIpc) is 1.56. The Kier molecular flexibility index (Phi) is 9.98. The van der Waals surface area contributed by atoms with Gasteiger partial charge in [-0.25, -0.2) is 9.97 Å². The summed E-state index contributed by atoms with van der Waals surface area (Å²) >= 11 is 3.41. The zero-order valence-corrected chi connectivity index (χ0v) is 54.6. The molecule has 0 bridgehead atoms. The Labute approximate surface area is 612 Å². The van der Waals surface area contributed by atoms with E-state index in [-0.39, 0.29) is 85.4 Å². The van der Waals surface area contributed by atoms with Crippen LogP contribution < -0.4 is 0 Å². The van der Waals surface area contributed by atoms with E-state index in [0.717, 1.165) is 95.7 Å². The Morgan fingerprint density at radius 3 is 1.35 bits per heavy atom. The number of para-hydroxylation sites is 2. The fourth-order valence-corrected chi connectivity index (χ4v) is 16.5. The highest BCUT2D eigenvalue weighted by Crippen LogP contribution is 2.47. The molecule has 0 aliphatic rings. The second-order valence-corrected chi connectivity index (χ2v) is 26.5. The highest BCUT2D eigenvalue weighted by atomic mass is 32.1. The van der Waals surface area contributed by atoms with Crippen molar-refractivity contribution in [2.24, 2.45) is 0 Å². The van der Waals surface area contributed by atoms with Gasteiger partial charge in [0.05, 0.1) is 44.0 Å². The number of hydrogen-bond donors (Lipinski definition) is 0. The summed E-state index contributed by atoms with van der Waals surface area (Å²) in [5, 5.41) is 10.3. The van der Waals surface area contributed by atoms with Crippen molar-refractivity contribution in [3.8, 4) is 79.7 Å². The van der Waals surface area contributed by atoms with Gasteiger partial charge in [0.25, 0.3) is 0 Å². The number of nitrogens with zero attached hydrogens (tertiary/aromatic N) is 8. The molecule has 102 heavy (non-hydrogen) atoms. The molecule has 0 saturated heterocycles. The molecule has 8 aromatic heterocycles. The predicted molar refractivity (Wildman–Crippen MR) is 421 cm³/mol. The molecule has 0 N–H and O–H groups in total. The molecule has 8 heterocycles. The molecule has 0 saturated carbocycles. The smallest absolute Gasteiger partial charge is 0.238 e. The maximum atomic E-state index is 9.60. The van der Waals surface area contributed by atoms with E-state index in [0.29, 0.717) is 27.7 Å². The zero-order chi connectivity index (χ0) is 80.9. The summed E-state index contributed by atoms with van der Waals surface area (Å²) in [5.41, 5.74) is 6.88. The van der Waals surface area contributed by atoms with Crippen LogP contribution in [0.15, 0.2) is 324 Å². The number of thiophene rings is 2. The summed E-state index contributed by atoms with van der Waals surface area (Å²) in [5.74, 6) is -0.219. The molecule has 0 unspecified atom stereocenters. The van der Waals surface area contributed by atoms with Gasteiger partial charge in [-0.15, -0.1) is 22.7 Å². The van der Waals surface area contributed by atoms with Gasteiger partial charge in [-0.3, -0.25) is 9.13 Å². The van der Waals surface area contributed by atoms with Crippen molar-refractivity contribution < 1.29 is 30.8 Å². The van der Waals surface area contributed by atoms with Crippen LogP contribution in [0, 0.1) is 0 Å². The van der Waals surface area contributed by atoms with Gasteiger partial charge in [-0.1, -0.05) is 230 Å². The van der Waals surface area contributed by atoms with Crippen LogP contribution in [0.1, 0.15) is 21.9 Å². The number of rotatable bonds is 8. The molecule has 0 spiro atoms. The number of hydrogen-bond acceptors (Lipinski definition) is 10. The van der Waals surface area contributed by atoms with Gasteiger partial charge >= 0.3 is 0 Å². The zero-order valence-electron chi connectivity index (χ0n) is 69.0. The Morgan fingerprint density at radius 1 is 0.265 bits per heavy atom. The van der Waals surface area contributed by atoms with Crippen LogP contribution in [-0.4, -0.2) is 39.0 Å². The van der Waals surface area contributed by atoms with E-state index in [1.807, 2.05) is 120 Å². The summed E-state index contributed by atoms with van der Waals surface area (Å²) < 4.78 is 162. The van der Waals surface area contributed by atoms with E-state index in [9.17, 15) is 4.11 Å². The minimum atomic E-state index is -0.615. The third-order valence-electron chi connectivity index (χ3n) is 18.6. The number of benzene rings is 14. The van der Waals surface area contributed by atoms with Gasteiger partial charge in [0, 0.05) is 106 Å². The first kappa shape index (κ1) is 43.9. The third kappa shape index (κ3) is 9.24. The summed E-state index contributed by atoms with van der Waals surface area (Å²) in [6.45, 7) is 0. The van der Waals surface area contributed by atoms with Gasteiger partial charge in [0.2, 0.25) is 11.9 Å². The molecule has 10 nitrogen and oxygen atoms in total. The van der Waals surface area contributed by atoms with Crippen LogP contribution in [-0.2, 0) is 0 Å². The van der Waals surface area contributed by atoms with Crippen molar-refractivity contribution in [2.45, 2.75) is 0 Å². The Hall–Kier alpha value is -13.3. The lowest BCUT2D eigenvalue weighted by molar-refractivity contribution is 0.668. The first-order valence-corrected chi connectivity index (χ1v) is 34.2. The summed E-state index contributed by atoms with van der Waals surface area (Å²) in [6, 6.07) is 63.5. The van der Waals surface area contributed by atoms with Crippen molar-refractivity contribution in [1.29, 1.82) is 0 Å². The Bertz CT molecular complexity index is 8130. The third-order valence-corrected chi connectivity index (χ3v) is 20.9. The molecule has 22 rings (SSSR count). The second-order valence-electron chi connectivity index (χ2n) is 24.4. The maximum Gasteiger partial charge on any atom is 0.238 e. The monoisotopic (exact) mass is 1360 g/mol. The highest BCUT2D eigenvalue weighted by molar-refractivity contribution is 7.26. The number of fused-ring (bicyclic) bond motifs is 20. The molecule has 476 valence electrons. The lowest BCUT2D eigenvalue weighted by atomic mass is 9.99. The molecule has 0 atom stereocenters. The van der Waals surface area contributed by atoms with E-state index in [1.54, 1.807) is 57.6 Å². The van der Waals surface area contributed by atoms with Gasteiger partial charge in [-0.05, 0) is 107 Å². The van der Waals surface area contributed by atoms with Crippen LogP contribution in [0.25, 0.3) is 208 Å². The first-order valence-electron chi connectivity index (χ1n) is 40.6. The average molecular weight is 1360 g/mol. The lowest BCUT2D eigenvalue weighted by Gasteiger charge is -2.11. The molecule has 0 aliphatic carbocycles. The summed E-state index contributed by atoms with van der Waals surface area (Å²) in [7, 11) is 0. The van der Waals surface area contributed by atoms with Crippen LogP contribution >= 0.6 is 22.7 Å². The van der Waals surface area contributed by atoms with Gasteiger partial charge in [0.15, 0.2) is 23.3 Å². The van der Waals surface area contributed by atoms with Crippen molar-refractivity contribution in [1.82, 2.24) is 39.0 Å². The molecule has 0 aliphatic heterocycles. The lowest BCUT2D eigenvalue weighted by Crippen LogP contribution is -2.06. The van der Waals surface area contributed by atoms with E-state index < -0.39 is 90.6 Å². The first-order chi connectivity index (χ1) is 57.2. The molecule has 0 fully saturated rings. The molecule has 0 amide bonds. The van der Waals surface area contributed by atoms with Crippen LogP contribution in [0.5, 0.6) is 0 Å². The Morgan fingerprint density at radius 2 is 0.765 bits per heavy atom. The molecule has 0 radical (unpaired) electrons. The largest absolute Gasteiger partial charge is 0.456 e. The van der Waals surface area contributed by atoms with Crippen molar-refractivity contribution >= 4 is 151 Å². The molecular formula is C90H52N8O2S2. The number of furan rings is 2. The molecule has 14 aromatic carbocycles. The fourth-order valence-electron chi connectivity index (χ4n) is 14.3. The maximum absolute atomic E-state index is 9.60. The number of aromatic nitrogens is 8. The Balaban J connectivity index is 0.000000147. The van der Waals surface area contributed by atoms with Gasteiger partial charge < -0.3 is 8.83 Å². The predicted octanol–water partition coefficient (Wildman–Crippen LogP) is 24.5. The van der Waals surface area contributed by atoms with E-state index in [1.165, 1.54) is 4.70 Å². The second kappa shape index (κ2) is 23.2. The standard InChI is InChI=1S/2C45H26N4OS/c2*1-3-12-27(13-4-1)30-18-11-20-36-40(30)32-23-22-29(26-37(32)50-36)44-46-43(28-14-5-2-6-15-28)47-45(48-44)49-34-19-9-7-16-31(34)41-35(49)24-25-39-42(41)33-17-8-10-21-38(33)51-39/h2*1-26H/i2D,5D,6D,11D,14D,15D,18D,20D,22D,23D,26D;2D,5D,6D,14D,15D. The molecule has 22 aromatic rings. The van der Waals surface area contributed by atoms with Crippen molar-refractivity contribution in [2.75, 3.05) is 0 Å². The van der Waals surface area contributed by atoms with Crippen LogP contribution in [0.3, 0.4) is 0 Å². The summed E-state index contributed by atoms with van der Waals surface area (Å²) in [6.07, 6.45) is 0. The molecular weight excluding hydrogens is 1290 g/mol. The minimum Gasteiger partial charge on any atom is -0.456 e. The van der Waals surface area contributed by atoms with E-state index in [2.05, 4.69) is 77.8 Å². The van der Waals surface area contributed by atoms with Crippen LogP contribution in [0.4, 0.5) is 0 Å². The van der Waals surface area contributed by atoms with Crippen LogP contribution in [0.2, 0.25) is 0 Å². The van der Waals surface area contributed by atoms with E-state index in [4.69, 9.17) is 51.6 Å². The van der Waals surface area contributed by atoms with Gasteiger partial charge in [0.1, 0.15) is 22.3 Å². The van der Waals surface area contributed by atoms with Crippen molar-refractivity contribution in [3.05, 3.63) is 315 Å². The SMILES string of the molecule is [2H]c1c([2H])c([2H])c(-c2nc(-c3c([2H])c([2H])c4c(oc5c([2H])c([2H])c([2H])c(-c6ccccc6)c54)c3[2H])nc(-n3c4ccccc4c4c5c(ccc43)sc3ccccc35)n2)c([2H])c1[2H].[2H]c1c([2H])c([2H])c(-c2nc(-c3ccc4c(c3)oc3cccc(-c5ccccc5)c34)nc(-n3c4ccccc4c4c5c(ccc43)sc3ccccc35)n2)c([2H])c1[2H]. The normalized spacial score (nSPS) is 14.1.